The minimum absolute atomic E-state index is 0. The summed E-state index contributed by atoms with van der Waals surface area (Å²) in [5, 5.41) is 16.3. The Balaban J connectivity index is 0.00000364. The molecule has 1 heterocycles. The summed E-state index contributed by atoms with van der Waals surface area (Å²) in [6.07, 6.45) is 1.73. The summed E-state index contributed by atoms with van der Waals surface area (Å²) in [6.45, 7) is 14.2. The van der Waals surface area contributed by atoms with E-state index in [1.54, 1.807) is 7.05 Å². The number of ether oxygens (including phenoxy) is 1. The SMILES string of the molecule is CN=C(NCc1c(C)c(C)c(C)c(C)c1C)NCC1(CCO)CCOC1.I. The topological polar surface area (TPSA) is 65.9 Å². The number of benzene rings is 1. The predicted molar refractivity (Wildman–Crippen MR) is 123 cm³/mol. The van der Waals surface area contributed by atoms with Crippen LogP contribution in [0.2, 0.25) is 0 Å². The van der Waals surface area contributed by atoms with Crippen molar-refractivity contribution in [1.82, 2.24) is 10.6 Å². The van der Waals surface area contributed by atoms with Crippen LogP contribution in [-0.4, -0.2) is 44.5 Å². The Kier molecular flexibility index (Phi) is 9.51. The van der Waals surface area contributed by atoms with Gasteiger partial charge >= 0.3 is 0 Å². The third-order valence-corrected chi connectivity index (χ3v) is 6.27. The molecule has 6 heteroatoms. The molecule has 1 aliphatic rings. The number of rotatable bonds is 6. The lowest BCUT2D eigenvalue weighted by atomic mass is 9.84. The summed E-state index contributed by atoms with van der Waals surface area (Å²) in [5.41, 5.74) is 8.20. The van der Waals surface area contributed by atoms with E-state index < -0.39 is 0 Å². The van der Waals surface area contributed by atoms with E-state index in [0.717, 1.165) is 38.5 Å². The van der Waals surface area contributed by atoms with Gasteiger partial charge in [0.25, 0.3) is 0 Å². The Hall–Kier alpha value is -0.860. The number of aliphatic hydroxyl groups is 1. The number of hydrogen-bond donors (Lipinski definition) is 3. The molecule has 154 valence electrons. The van der Waals surface area contributed by atoms with E-state index in [1.807, 2.05) is 0 Å². The zero-order chi connectivity index (χ0) is 19.3. The molecular weight excluding hydrogens is 453 g/mol. The van der Waals surface area contributed by atoms with Gasteiger partial charge in [0.1, 0.15) is 0 Å². The fourth-order valence-corrected chi connectivity index (χ4v) is 3.82. The molecule has 1 aliphatic heterocycles. The molecule has 0 aliphatic carbocycles. The summed E-state index contributed by atoms with van der Waals surface area (Å²) in [7, 11) is 1.80. The van der Waals surface area contributed by atoms with Crippen LogP contribution in [0, 0.1) is 40.0 Å². The molecule has 1 aromatic rings. The predicted octanol–water partition coefficient (Wildman–Crippen LogP) is 3.30. The van der Waals surface area contributed by atoms with Gasteiger partial charge in [0, 0.05) is 38.8 Å². The lowest BCUT2D eigenvalue weighted by Crippen LogP contribution is -2.44. The van der Waals surface area contributed by atoms with Gasteiger partial charge in [-0.15, -0.1) is 24.0 Å². The molecule has 1 saturated heterocycles. The van der Waals surface area contributed by atoms with Crippen LogP contribution in [0.5, 0.6) is 0 Å². The van der Waals surface area contributed by atoms with Crippen molar-refractivity contribution < 1.29 is 9.84 Å². The van der Waals surface area contributed by atoms with Gasteiger partial charge in [-0.25, -0.2) is 0 Å². The molecule has 3 N–H and O–H groups in total. The van der Waals surface area contributed by atoms with E-state index in [1.165, 1.54) is 33.4 Å². The van der Waals surface area contributed by atoms with Gasteiger partial charge in [0.15, 0.2) is 5.96 Å². The molecule has 0 aromatic heterocycles. The molecule has 0 saturated carbocycles. The maximum Gasteiger partial charge on any atom is 0.191 e. The van der Waals surface area contributed by atoms with Crippen molar-refractivity contribution in [2.45, 2.75) is 54.0 Å². The minimum Gasteiger partial charge on any atom is -0.396 e. The molecule has 1 atom stereocenters. The Morgan fingerprint density at radius 2 is 1.63 bits per heavy atom. The smallest absolute Gasteiger partial charge is 0.191 e. The van der Waals surface area contributed by atoms with Crippen molar-refractivity contribution in [2.24, 2.45) is 10.4 Å². The number of aliphatic hydroxyl groups excluding tert-OH is 1. The van der Waals surface area contributed by atoms with E-state index in [2.05, 4.69) is 50.2 Å². The molecular formula is C21H36IN3O2. The third kappa shape index (κ3) is 5.57. The molecule has 27 heavy (non-hydrogen) atoms. The minimum atomic E-state index is 0. The van der Waals surface area contributed by atoms with Gasteiger partial charge in [-0.3, -0.25) is 4.99 Å². The summed E-state index contributed by atoms with van der Waals surface area (Å²) >= 11 is 0. The van der Waals surface area contributed by atoms with Gasteiger partial charge in [-0.05, 0) is 80.8 Å². The second kappa shape index (κ2) is 10.6. The highest BCUT2D eigenvalue weighted by Crippen LogP contribution is 2.31. The quantitative estimate of drug-likeness (QED) is 0.326. The molecule has 2 rings (SSSR count). The lowest BCUT2D eigenvalue weighted by molar-refractivity contribution is 0.127. The monoisotopic (exact) mass is 489 g/mol. The molecule has 0 spiro atoms. The maximum atomic E-state index is 9.37. The molecule has 1 unspecified atom stereocenters. The number of nitrogens with one attached hydrogen (secondary N) is 2. The number of aliphatic imine (C=N–C) groups is 1. The van der Waals surface area contributed by atoms with Crippen LogP contribution in [0.3, 0.4) is 0 Å². The van der Waals surface area contributed by atoms with Crippen LogP contribution in [-0.2, 0) is 11.3 Å². The molecule has 0 bridgehead atoms. The Morgan fingerprint density at radius 3 is 2.11 bits per heavy atom. The summed E-state index contributed by atoms with van der Waals surface area (Å²) in [6, 6.07) is 0. The van der Waals surface area contributed by atoms with Crippen LogP contribution >= 0.6 is 24.0 Å². The van der Waals surface area contributed by atoms with Gasteiger partial charge < -0.3 is 20.5 Å². The standard InChI is InChI=1S/C21H35N3O2.HI/c1-14-15(2)17(4)19(18(5)16(14)3)11-23-20(22-6)24-12-21(7-9-25)8-10-26-13-21;/h25H,7-13H2,1-6H3,(H2,22,23,24);1H. The first-order valence-electron chi connectivity index (χ1n) is 9.54. The van der Waals surface area contributed by atoms with Crippen molar-refractivity contribution in [3.05, 3.63) is 33.4 Å². The van der Waals surface area contributed by atoms with Gasteiger partial charge in [0.05, 0.1) is 6.61 Å². The Bertz CT molecular complexity index is 639. The van der Waals surface area contributed by atoms with E-state index in [4.69, 9.17) is 4.74 Å². The number of guanidine groups is 1. The first kappa shape index (κ1) is 24.2. The van der Waals surface area contributed by atoms with Crippen molar-refractivity contribution in [2.75, 3.05) is 33.4 Å². The fourth-order valence-electron chi connectivity index (χ4n) is 3.82. The van der Waals surface area contributed by atoms with E-state index in [0.29, 0.717) is 6.61 Å². The normalized spacial score (nSPS) is 19.7. The van der Waals surface area contributed by atoms with Crippen LogP contribution < -0.4 is 10.6 Å². The van der Waals surface area contributed by atoms with Crippen molar-refractivity contribution in [3.63, 3.8) is 0 Å². The van der Waals surface area contributed by atoms with Gasteiger partial charge in [-0.1, -0.05) is 0 Å². The van der Waals surface area contributed by atoms with E-state index in [9.17, 15) is 5.11 Å². The van der Waals surface area contributed by atoms with Crippen LogP contribution in [0.4, 0.5) is 0 Å². The first-order valence-corrected chi connectivity index (χ1v) is 9.54. The number of hydrogen-bond acceptors (Lipinski definition) is 3. The van der Waals surface area contributed by atoms with Crippen LogP contribution in [0.1, 0.15) is 46.2 Å². The second-order valence-corrected chi connectivity index (χ2v) is 7.66. The number of halogens is 1. The molecule has 1 aromatic carbocycles. The molecule has 5 nitrogen and oxygen atoms in total. The Labute approximate surface area is 181 Å². The van der Waals surface area contributed by atoms with E-state index in [-0.39, 0.29) is 36.0 Å². The summed E-state index contributed by atoms with van der Waals surface area (Å²) in [4.78, 5) is 4.37. The Morgan fingerprint density at radius 1 is 1.04 bits per heavy atom. The second-order valence-electron chi connectivity index (χ2n) is 7.66. The highest BCUT2D eigenvalue weighted by atomic mass is 127. The highest BCUT2D eigenvalue weighted by Gasteiger charge is 2.34. The average molecular weight is 489 g/mol. The van der Waals surface area contributed by atoms with Crippen molar-refractivity contribution >= 4 is 29.9 Å². The summed E-state index contributed by atoms with van der Waals surface area (Å²) in [5.74, 6) is 0.795. The van der Waals surface area contributed by atoms with Crippen LogP contribution in [0.15, 0.2) is 4.99 Å². The molecule has 0 amide bonds. The zero-order valence-corrected chi connectivity index (χ0v) is 20.0. The fraction of sp³-hybridized carbons (Fsp3) is 0.667. The number of nitrogens with zero attached hydrogens (tertiary/aromatic N) is 1. The van der Waals surface area contributed by atoms with Crippen molar-refractivity contribution in [3.8, 4) is 0 Å². The largest absolute Gasteiger partial charge is 0.396 e. The average Bonchev–Trinajstić information content (AvgIpc) is 3.10. The molecule has 0 radical (unpaired) electrons. The lowest BCUT2D eigenvalue weighted by Gasteiger charge is -2.28. The zero-order valence-electron chi connectivity index (χ0n) is 17.7. The summed E-state index contributed by atoms with van der Waals surface area (Å²) < 4.78 is 5.57. The van der Waals surface area contributed by atoms with E-state index >= 15 is 0 Å². The molecule has 1 fully saturated rings. The maximum absolute atomic E-state index is 9.37. The van der Waals surface area contributed by atoms with Gasteiger partial charge in [-0.2, -0.15) is 0 Å². The van der Waals surface area contributed by atoms with Crippen molar-refractivity contribution in [1.29, 1.82) is 0 Å². The first-order chi connectivity index (χ1) is 12.3. The van der Waals surface area contributed by atoms with Gasteiger partial charge in [0.2, 0.25) is 0 Å². The third-order valence-electron chi connectivity index (χ3n) is 6.27. The highest BCUT2D eigenvalue weighted by molar-refractivity contribution is 14.0. The van der Waals surface area contributed by atoms with Crippen LogP contribution in [0.25, 0.3) is 0 Å².